The van der Waals surface area contributed by atoms with E-state index in [4.69, 9.17) is 0 Å². The molecule has 0 bridgehead atoms. The summed E-state index contributed by atoms with van der Waals surface area (Å²) < 4.78 is 0. The Morgan fingerprint density at radius 2 is 2.10 bits per heavy atom. The van der Waals surface area contributed by atoms with Crippen molar-refractivity contribution in [1.29, 1.82) is 0 Å². The molecule has 0 aromatic carbocycles. The molecule has 1 aliphatic rings. The summed E-state index contributed by atoms with van der Waals surface area (Å²) in [5.74, 6) is 0.767. The molecule has 0 N–H and O–H groups in total. The Bertz CT molecular complexity index is 147. The highest BCUT2D eigenvalue weighted by Crippen LogP contribution is 2.36. The lowest BCUT2D eigenvalue weighted by atomic mass is 9.72. The summed E-state index contributed by atoms with van der Waals surface area (Å²) in [4.78, 5) is 11.1. The summed E-state index contributed by atoms with van der Waals surface area (Å²) in [6.45, 7) is 6.54. The van der Waals surface area contributed by atoms with Crippen LogP contribution >= 0.6 is 0 Å². The van der Waals surface area contributed by atoms with Crippen LogP contribution in [0, 0.1) is 11.3 Å². The first-order valence-electron chi connectivity index (χ1n) is 4.04. The van der Waals surface area contributed by atoms with E-state index in [0.717, 1.165) is 19.3 Å². The maximum Gasteiger partial charge on any atom is 0.135 e. The molecule has 58 valence electrons. The van der Waals surface area contributed by atoms with Crippen molar-refractivity contribution in [3.8, 4) is 0 Å². The first-order chi connectivity index (χ1) is 4.51. The molecule has 0 radical (unpaired) electrons. The van der Waals surface area contributed by atoms with Crippen molar-refractivity contribution in [2.45, 2.75) is 40.0 Å². The van der Waals surface area contributed by atoms with Crippen LogP contribution < -0.4 is 0 Å². The van der Waals surface area contributed by atoms with E-state index >= 15 is 0 Å². The molecule has 1 nitrogen and oxygen atoms in total. The smallest absolute Gasteiger partial charge is 0.135 e. The average Bonchev–Trinajstić information content (AvgIpc) is 1.79. The van der Waals surface area contributed by atoms with Crippen molar-refractivity contribution >= 4 is 5.78 Å². The number of carbonyl (C=O) groups is 1. The molecule has 1 atom stereocenters. The van der Waals surface area contributed by atoms with Crippen LogP contribution in [0.4, 0.5) is 0 Å². The van der Waals surface area contributed by atoms with Gasteiger partial charge in [-0.2, -0.15) is 0 Å². The molecule has 1 rings (SSSR count). The molecule has 0 aromatic heterocycles. The summed E-state index contributed by atoms with van der Waals surface area (Å²) in [6, 6.07) is 0. The van der Waals surface area contributed by atoms with E-state index in [1.54, 1.807) is 0 Å². The van der Waals surface area contributed by atoms with Gasteiger partial charge in [0.25, 0.3) is 0 Å². The highest BCUT2D eigenvalue weighted by molar-refractivity contribution is 5.81. The lowest BCUT2D eigenvalue weighted by Gasteiger charge is -2.32. The molecule has 0 heterocycles. The third-order valence-electron chi connectivity index (χ3n) is 2.46. The van der Waals surface area contributed by atoms with E-state index in [9.17, 15) is 4.79 Å². The molecule has 10 heavy (non-hydrogen) atoms. The van der Waals surface area contributed by atoms with Crippen molar-refractivity contribution in [2.75, 3.05) is 0 Å². The predicted octanol–water partition coefficient (Wildman–Crippen LogP) is 2.40. The number of hydrogen-bond acceptors (Lipinski definition) is 1. The molecule has 1 unspecified atom stereocenters. The van der Waals surface area contributed by atoms with E-state index < -0.39 is 0 Å². The minimum Gasteiger partial charge on any atom is -0.299 e. The van der Waals surface area contributed by atoms with Crippen LogP contribution in [0.3, 0.4) is 0 Å². The van der Waals surface area contributed by atoms with Gasteiger partial charge < -0.3 is 0 Å². The van der Waals surface area contributed by atoms with Crippen LogP contribution in [0.25, 0.3) is 0 Å². The van der Waals surface area contributed by atoms with Gasteiger partial charge in [0.1, 0.15) is 5.78 Å². The molecule has 0 aromatic rings. The van der Waals surface area contributed by atoms with Crippen molar-refractivity contribution in [2.24, 2.45) is 11.3 Å². The lowest BCUT2D eigenvalue weighted by Crippen LogP contribution is -2.27. The normalized spacial score (nSPS) is 32.3. The van der Waals surface area contributed by atoms with E-state index in [2.05, 4.69) is 13.8 Å². The number of rotatable bonds is 0. The Morgan fingerprint density at radius 3 is 2.50 bits per heavy atom. The SMILES string of the molecule is CC1CC(C)(C)CCC1=O. The molecule has 1 saturated carbocycles. The van der Waals surface area contributed by atoms with Crippen molar-refractivity contribution in [3.05, 3.63) is 0 Å². The highest BCUT2D eigenvalue weighted by atomic mass is 16.1. The molecule has 0 aliphatic heterocycles. The third-order valence-corrected chi connectivity index (χ3v) is 2.46. The van der Waals surface area contributed by atoms with Crippen LogP contribution in [-0.2, 0) is 4.79 Å². The van der Waals surface area contributed by atoms with Gasteiger partial charge >= 0.3 is 0 Å². The van der Waals surface area contributed by atoms with E-state index in [-0.39, 0.29) is 0 Å². The van der Waals surface area contributed by atoms with Gasteiger partial charge in [-0.25, -0.2) is 0 Å². The van der Waals surface area contributed by atoms with Crippen molar-refractivity contribution < 1.29 is 4.79 Å². The number of carbonyl (C=O) groups excluding carboxylic acids is 1. The monoisotopic (exact) mass is 140 g/mol. The van der Waals surface area contributed by atoms with Gasteiger partial charge in [-0.3, -0.25) is 4.79 Å². The fourth-order valence-corrected chi connectivity index (χ4v) is 1.75. The van der Waals surface area contributed by atoms with Crippen LogP contribution in [0.2, 0.25) is 0 Å². The Labute approximate surface area is 62.8 Å². The van der Waals surface area contributed by atoms with Gasteiger partial charge in [-0.1, -0.05) is 20.8 Å². The van der Waals surface area contributed by atoms with Crippen LogP contribution in [0.15, 0.2) is 0 Å². The zero-order valence-electron chi connectivity index (χ0n) is 7.11. The second-order valence-corrected chi connectivity index (χ2v) is 4.24. The van der Waals surface area contributed by atoms with Crippen molar-refractivity contribution in [1.82, 2.24) is 0 Å². The molecular formula is C9H16O. The second kappa shape index (κ2) is 2.37. The van der Waals surface area contributed by atoms with E-state index in [1.165, 1.54) is 0 Å². The van der Waals surface area contributed by atoms with Gasteiger partial charge in [-0.15, -0.1) is 0 Å². The largest absolute Gasteiger partial charge is 0.299 e. The lowest BCUT2D eigenvalue weighted by molar-refractivity contribution is -0.126. The fraction of sp³-hybridized carbons (Fsp3) is 0.889. The average molecular weight is 140 g/mol. The summed E-state index contributed by atoms with van der Waals surface area (Å²) >= 11 is 0. The molecule has 0 spiro atoms. The topological polar surface area (TPSA) is 17.1 Å². The van der Waals surface area contributed by atoms with E-state index in [1.807, 2.05) is 6.92 Å². The Kier molecular flexibility index (Phi) is 1.84. The van der Waals surface area contributed by atoms with Gasteiger partial charge in [0, 0.05) is 12.3 Å². The van der Waals surface area contributed by atoms with Gasteiger partial charge in [0.15, 0.2) is 0 Å². The van der Waals surface area contributed by atoms with Crippen LogP contribution in [-0.4, -0.2) is 5.78 Å². The Hall–Kier alpha value is -0.330. The Balaban J connectivity index is 2.57. The first kappa shape index (κ1) is 7.77. The summed E-state index contributed by atoms with van der Waals surface area (Å²) in [7, 11) is 0. The standard InChI is InChI=1S/C9H16O/c1-7-6-9(2,3)5-4-8(7)10/h7H,4-6H2,1-3H3. The number of ketones is 1. The fourth-order valence-electron chi connectivity index (χ4n) is 1.75. The third kappa shape index (κ3) is 1.59. The van der Waals surface area contributed by atoms with Gasteiger partial charge in [-0.05, 0) is 18.3 Å². The molecular weight excluding hydrogens is 124 g/mol. The second-order valence-electron chi connectivity index (χ2n) is 4.24. The first-order valence-corrected chi connectivity index (χ1v) is 4.04. The van der Waals surface area contributed by atoms with Crippen molar-refractivity contribution in [3.63, 3.8) is 0 Å². The predicted molar refractivity (Wildman–Crippen MR) is 41.8 cm³/mol. The van der Waals surface area contributed by atoms with Crippen LogP contribution in [0.1, 0.15) is 40.0 Å². The molecule has 1 fully saturated rings. The number of hydrogen-bond donors (Lipinski definition) is 0. The number of Topliss-reactive ketones (excluding diaryl/α,β-unsaturated/α-hetero) is 1. The summed E-state index contributed by atoms with van der Waals surface area (Å²) in [5.41, 5.74) is 0.410. The van der Waals surface area contributed by atoms with E-state index in [0.29, 0.717) is 17.1 Å². The van der Waals surface area contributed by atoms with Crippen LogP contribution in [0.5, 0.6) is 0 Å². The summed E-state index contributed by atoms with van der Waals surface area (Å²) in [6.07, 6.45) is 2.95. The quantitative estimate of drug-likeness (QED) is 0.505. The van der Waals surface area contributed by atoms with Gasteiger partial charge in [0.2, 0.25) is 0 Å². The zero-order chi connectivity index (χ0) is 7.78. The summed E-state index contributed by atoms with van der Waals surface area (Å²) in [5, 5.41) is 0. The maximum absolute atomic E-state index is 11.1. The molecule has 1 heteroatoms. The molecule has 0 saturated heterocycles. The maximum atomic E-state index is 11.1. The van der Waals surface area contributed by atoms with Gasteiger partial charge in [0.05, 0.1) is 0 Å². The minimum absolute atomic E-state index is 0.309. The zero-order valence-corrected chi connectivity index (χ0v) is 7.11. The minimum atomic E-state index is 0.309. The Morgan fingerprint density at radius 1 is 1.50 bits per heavy atom. The highest BCUT2D eigenvalue weighted by Gasteiger charge is 2.30. The molecule has 1 aliphatic carbocycles. The molecule has 0 amide bonds.